The summed E-state index contributed by atoms with van der Waals surface area (Å²) in [6, 6.07) is 19.7. The van der Waals surface area contributed by atoms with Gasteiger partial charge in [-0.15, -0.1) is 0 Å². The van der Waals surface area contributed by atoms with Crippen molar-refractivity contribution in [3.8, 4) is 0 Å². The summed E-state index contributed by atoms with van der Waals surface area (Å²) in [6.45, 7) is 5.00. The Morgan fingerprint density at radius 2 is 1.75 bits per heavy atom. The first-order chi connectivity index (χ1) is 11.6. The molecule has 1 atom stereocenters. The Hall–Kier alpha value is -2.62. The van der Waals surface area contributed by atoms with Crippen LogP contribution < -0.4 is 5.01 Å². The van der Waals surface area contributed by atoms with Crippen LogP contribution in [0.1, 0.15) is 19.4 Å². The Kier molecular flexibility index (Phi) is 4.94. The van der Waals surface area contributed by atoms with Gasteiger partial charge in [-0.25, -0.2) is 0 Å². The Morgan fingerprint density at radius 3 is 2.38 bits per heavy atom. The fraction of sp³-hybridized carbons (Fsp3) is 0.300. The van der Waals surface area contributed by atoms with Gasteiger partial charge in [-0.2, -0.15) is 5.10 Å². The van der Waals surface area contributed by atoms with Gasteiger partial charge in [-0.05, 0) is 23.6 Å². The molecule has 0 saturated heterocycles. The Balaban J connectivity index is 1.87. The third-order valence-corrected chi connectivity index (χ3v) is 3.88. The van der Waals surface area contributed by atoms with E-state index in [2.05, 4.69) is 0 Å². The molecule has 24 heavy (non-hydrogen) atoms. The average Bonchev–Trinajstić information content (AvgIpc) is 3.06. The summed E-state index contributed by atoms with van der Waals surface area (Å²) >= 11 is 0. The number of anilines is 1. The van der Waals surface area contributed by atoms with E-state index in [0.717, 1.165) is 17.0 Å². The summed E-state index contributed by atoms with van der Waals surface area (Å²) in [7, 11) is 0. The molecule has 0 bridgehead atoms. The molecule has 2 aromatic rings. The average molecular weight is 322 g/mol. The standard InChI is InChI=1S/C20H22N2O2/c1-15(2)14-24-20(23)18-13-22(17-11-7-4-8-12-17)21-19(18)16-9-5-3-6-10-16/h3-12,15,18H,13-14H2,1-2H3/t18-/m0/s1. The molecule has 4 heteroatoms. The molecule has 0 fully saturated rings. The molecule has 0 radical (unpaired) electrons. The number of ether oxygens (including phenoxy) is 1. The third-order valence-electron chi connectivity index (χ3n) is 3.88. The van der Waals surface area contributed by atoms with Crippen LogP contribution in [0.2, 0.25) is 0 Å². The first-order valence-corrected chi connectivity index (χ1v) is 8.28. The van der Waals surface area contributed by atoms with Crippen molar-refractivity contribution in [3.05, 3.63) is 66.2 Å². The second kappa shape index (κ2) is 7.30. The molecule has 0 spiro atoms. The monoisotopic (exact) mass is 322 g/mol. The molecule has 0 aliphatic carbocycles. The fourth-order valence-corrected chi connectivity index (χ4v) is 2.67. The van der Waals surface area contributed by atoms with Crippen molar-refractivity contribution >= 4 is 17.4 Å². The molecule has 0 amide bonds. The minimum Gasteiger partial charge on any atom is -0.465 e. The highest BCUT2D eigenvalue weighted by Crippen LogP contribution is 2.26. The van der Waals surface area contributed by atoms with E-state index in [1.807, 2.05) is 79.5 Å². The molecule has 0 saturated carbocycles. The molecule has 0 N–H and O–H groups in total. The minimum absolute atomic E-state index is 0.204. The van der Waals surface area contributed by atoms with E-state index in [1.165, 1.54) is 0 Å². The molecule has 1 heterocycles. The second-order valence-electron chi connectivity index (χ2n) is 6.35. The number of benzene rings is 2. The quantitative estimate of drug-likeness (QED) is 0.788. The van der Waals surface area contributed by atoms with Gasteiger partial charge in [0.05, 0.1) is 24.6 Å². The summed E-state index contributed by atoms with van der Waals surface area (Å²) in [5.74, 6) is -0.256. The Labute approximate surface area is 142 Å². The maximum Gasteiger partial charge on any atom is 0.317 e. The smallest absolute Gasteiger partial charge is 0.317 e. The van der Waals surface area contributed by atoms with E-state index in [1.54, 1.807) is 0 Å². The summed E-state index contributed by atoms with van der Waals surface area (Å²) in [6.07, 6.45) is 0. The van der Waals surface area contributed by atoms with E-state index < -0.39 is 0 Å². The number of hydrazone groups is 1. The number of carbonyl (C=O) groups excluding carboxylic acids is 1. The lowest BCUT2D eigenvalue weighted by atomic mass is 9.97. The van der Waals surface area contributed by atoms with Gasteiger partial charge < -0.3 is 4.74 Å². The number of hydrogen-bond acceptors (Lipinski definition) is 4. The van der Waals surface area contributed by atoms with Crippen LogP contribution in [0.3, 0.4) is 0 Å². The van der Waals surface area contributed by atoms with Crippen LogP contribution in [0.15, 0.2) is 65.8 Å². The molecular weight excluding hydrogens is 300 g/mol. The zero-order chi connectivity index (χ0) is 16.9. The van der Waals surface area contributed by atoms with E-state index >= 15 is 0 Å². The first-order valence-electron chi connectivity index (χ1n) is 8.28. The summed E-state index contributed by atoms with van der Waals surface area (Å²) in [4.78, 5) is 12.6. The molecule has 3 rings (SSSR count). The van der Waals surface area contributed by atoms with Gasteiger partial charge in [-0.1, -0.05) is 62.4 Å². The second-order valence-corrected chi connectivity index (χ2v) is 6.35. The Morgan fingerprint density at radius 1 is 1.12 bits per heavy atom. The van der Waals surface area contributed by atoms with Crippen LogP contribution in [0.5, 0.6) is 0 Å². The number of para-hydroxylation sites is 1. The van der Waals surface area contributed by atoms with Crippen LogP contribution >= 0.6 is 0 Å². The summed E-state index contributed by atoms with van der Waals surface area (Å²) in [5.41, 5.74) is 2.71. The normalized spacial score (nSPS) is 17.0. The largest absolute Gasteiger partial charge is 0.465 e. The van der Waals surface area contributed by atoms with Gasteiger partial charge >= 0.3 is 5.97 Å². The number of rotatable bonds is 5. The molecule has 0 unspecified atom stereocenters. The van der Waals surface area contributed by atoms with Gasteiger partial charge in [0.2, 0.25) is 0 Å². The van der Waals surface area contributed by atoms with Gasteiger partial charge in [0.25, 0.3) is 0 Å². The van der Waals surface area contributed by atoms with Crippen molar-refractivity contribution in [1.29, 1.82) is 0 Å². The minimum atomic E-state index is -0.369. The predicted molar refractivity (Wildman–Crippen MR) is 96.1 cm³/mol. The van der Waals surface area contributed by atoms with Crippen molar-refractivity contribution in [2.24, 2.45) is 16.9 Å². The highest BCUT2D eigenvalue weighted by atomic mass is 16.5. The zero-order valence-corrected chi connectivity index (χ0v) is 14.1. The van der Waals surface area contributed by atoms with Crippen LogP contribution in [0.25, 0.3) is 0 Å². The van der Waals surface area contributed by atoms with Crippen molar-refractivity contribution < 1.29 is 9.53 Å². The maximum atomic E-state index is 12.6. The zero-order valence-electron chi connectivity index (χ0n) is 14.1. The van der Waals surface area contributed by atoms with Crippen molar-refractivity contribution in [3.63, 3.8) is 0 Å². The topological polar surface area (TPSA) is 41.9 Å². The lowest BCUT2D eigenvalue weighted by Crippen LogP contribution is -2.30. The lowest BCUT2D eigenvalue weighted by Gasteiger charge is -2.16. The highest BCUT2D eigenvalue weighted by molar-refractivity contribution is 6.13. The maximum absolute atomic E-state index is 12.6. The number of nitrogens with zero attached hydrogens (tertiary/aromatic N) is 2. The van der Waals surface area contributed by atoms with E-state index in [9.17, 15) is 4.79 Å². The first kappa shape index (κ1) is 16.2. The Bertz CT molecular complexity index is 711. The molecule has 1 aliphatic heterocycles. The van der Waals surface area contributed by atoms with E-state index in [-0.39, 0.29) is 11.9 Å². The van der Waals surface area contributed by atoms with Gasteiger partial charge in [0.15, 0.2) is 0 Å². The molecule has 0 aromatic heterocycles. The molecule has 2 aromatic carbocycles. The molecule has 124 valence electrons. The SMILES string of the molecule is CC(C)COC(=O)[C@H]1CN(c2ccccc2)N=C1c1ccccc1. The van der Waals surface area contributed by atoms with Crippen molar-refractivity contribution in [2.75, 3.05) is 18.2 Å². The summed E-state index contributed by atoms with van der Waals surface area (Å²) in [5, 5.41) is 6.59. The molecule has 4 nitrogen and oxygen atoms in total. The summed E-state index contributed by atoms with van der Waals surface area (Å²) < 4.78 is 5.48. The number of carbonyl (C=O) groups is 1. The molecular formula is C20H22N2O2. The van der Waals surface area contributed by atoms with Crippen LogP contribution in [0, 0.1) is 11.8 Å². The van der Waals surface area contributed by atoms with Crippen molar-refractivity contribution in [2.45, 2.75) is 13.8 Å². The lowest BCUT2D eigenvalue weighted by molar-refractivity contribution is -0.146. The van der Waals surface area contributed by atoms with Gasteiger partial charge in [0, 0.05) is 0 Å². The predicted octanol–water partition coefficient (Wildman–Crippen LogP) is 3.73. The van der Waals surface area contributed by atoms with Gasteiger partial charge in [0.1, 0.15) is 5.92 Å². The fourth-order valence-electron chi connectivity index (χ4n) is 2.67. The van der Waals surface area contributed by atoms with Crippen molar-refractivity contribution in [1.82, 2.24) is 0 Å². The highest BCUT2D eigenvalue weighted by Gasteiger charge is 2.35. The van der Waals surface area contributed by atoms with Crippen LogP contribution in [-0.2, 0) is 9.53 Å². The number of esters is 1. The van der Waals surface area contributed by atoms with E-state index in [0.29, 0.717) is 19.1 Å². The van der Waals surface area contributed by atoms with Gasteiger partial charge in [-0.3, -0.25) is 9.80 Å². The van der Waals surface area contributed by atoms with Crippen LogP contribution in [0.4, 0.5) is 5.69 Å². The van der Waals surface area contributed by atoms with Crippen LogP contribution in [-0.4, -0.2) is 24.8 Å². The third kappa shape index (κ3) is 3.65. The molecule has 1 aliphatic rings. The number of hydrogen-bond donors (Lipinski definition) is 0. The van der Waals surface area contributed by atoms with E-state index in [4.69, 9.17) is 9.84 Å².